The Bertz CT molecular complexity index is 220. The van der Waals surface area contributed by atoms with Crippen molar-refractivity contribution >= 4 is 0 Å². The number of alkyl halides is 8. The second-order valence-electron chi connectivity index (χ2n) is 2.67. The van der Waals surface area contributed by atoms with Gasteiger partial charge in [-0.3, -0.25) is 0 Å². The molecule has 0 aromatic rings. The lowest BCUT2D eigenvalue weighted by Gasteiger charge is -2.23. The van der Waals surface area contributed by atoms with Crippen LogP contribution in [0.25, 0.3) is 0 Å². The van der Waals surface area contributed by atoms with Crippen LogP contribution < -0.4 is 0 Å². The Morgan fingerprint density at radius 1 is 0.867 bits per heavy atom. The molecule has 0 saturated carbocycles. The fraction of sp³-hybridized carbons (Fsp3) is 0.714. The zero-order valence-corrected chi connectivity index (χ0v) is 7.04. The van der Waals surface area contributed by atoms with Crippen LogP contribution >= 0.6 is 0 Å². The summed E-state index contributed by atoms with van der Waals surface area (Å²) in [4.78, 5) is 0. The van der Waals surface area contributed by atoms with Gasteiger partial charge in [-0.25, -0.2) is 13.2 Å². The molecule has 0 radical (unpaired) electrons. The molecule has 0 N–H and O–H groups in total. The Kier molecular flexibility index (Phi) is 4.12. The molecule has 0 rings (SSSR count). The average Bonchev–Trinajstić information content (AvgIpc) is 2.12. The van der Waals surface area contributed by atoms with Gasteiger partial charge >= 0.3 is 6.18 Å². The van der Waals surface area contributed by atoms with Gasteiger partial charge in [-0.05, 0) is 6.08 Å². The summed E-state index contributed by atoms with van der Waals surface area (Å²) in [5, 5.41) is 0. The molecule has 0 aliphatic heterocycles. The SMILES string of the molecule is C=CC(F)(F)C(F)C(F)C(F)C(F)(F)F. The van der Waals surface area contributed by atoms with Crippen molar-refractivity contribution in [3.63, 3.8) is 0 Å². The van der Waals surface area contributed by atoms with E-state index in [1.165, 1.54) is 0 Å². The first-order valence-electron chi connectivity index (χ1n) is 3.54. The summed E-state index contributed by atoms with van der Waals surface area (Å²) in [7, 11) is 0. The Morgan fingerprint density at radius 2 is 1.27 bits per heavy atom. The van der Waals surface area contributed by atoms with Crippen LogP contribution in [0, 0.1) is 0 Å². The summed E-state index contributed by atoms with van der Waals surface area (Å²) in [6, 6.07) is 0. The molecule has 0 amide bonds. The zero-order chi connectivity index (χ0) is 12.4. The van der Waals surface area contributed by atoms with Crippen LogP contribution in [-0.2, 0) is 0 Å². The number of hydrogen-bond acceptors (Lipinski definition) is 0. The van der Waals surface area contributed by atoms with Crippen molar-refractivity contribution < 1.29 is 35.1 Å². The van der Waals surface area contributed by atoms with E-state index in [9.17, 15) is 35.1 Å². The van der Waals surface area contributed by atoms with Gasteiger partial charge in [-0.15, -0.1) is 0 Å². The number of rotatable bonds is 4. The van der Waals surface area contributed by atoms with Gasteiger partial charge in [-0.1, -0.05) is 6.58 Å². The summed E-state index contributed by atoms with van der Waals surface area (Å²) in [6.45, 7) is 2.40. The van der Waals surface area contributed by atoms with Crippen molar-refractivity contribution in [2.45, 2.75) is 30.6 Å². The average molecular weight is 242 g/mol. The standard InChI is InChI=1S/C7H6F8/c1-2-6(11,12)4(9)3(8)5(10)7(13,14)15/h2-5H,1H2. The lowest BCUT2D eigenvalue weighted by atomic mass is 10.1. The first-order valence-corrected chi connectivity index (χ1v) is 3.54. The molecule has 3 unspecified atom stereocenters. The highest BCUT2D eigenvalue weighted by Crippen LogP contribution is 2.34. The predicted octanol–water partition coefficient (Wildman–Crippen LogP) is 3.38. The Labute approximate surface area is 79.6 Å². The van der Waals surface area contributed by atoms with E-state index in [1.807, 2.05) is 0 Å². The quantitative estimate of drug-likeness (QED) is 0.523. The minimum atomic E-state index is -5.72. The van der Waals surface area contributed by atoms with E-state index in [-0.39, 0.29) is 6.08 Å². The van der Waals surface area contributed by atoms with Crippen molar-refractivity contribution in [2.24, 2.45) is 0 Å². The zero-order valence-electron chi connectivity index (χ0n) is 7.04. The number of allylic oxidation sites excluding steroid dienone is 1. The highest BCUT2D eigenvalue weighted by molar-refractivity contribution is 4.99. The third kappa shape index (κ3) is 3.35. The minimum Gasteiger partial charge on any atom is -0.240 e. The van der Waals surface area contributed by atoms with Gasteiger partial charge in [0.2, 0.25) is 12.3 Å². The molecule has 0 aliphatic carbocycles. The second-order valence-corrected chi connectivity index (χ2v) is 2.67. The lowest BCUT2D eigenvalue weighted by molar-refractivity contribution is -0.211. The van der Waals surface area contributed by atoms with Crippen LogP contribution in [0.5, 0.6) is 0 Å². The summed E-state index contributed by atoms with van der Waals surface area (Å²) < 4.78 is 96.0. The summed E-state index contributed by atoms with van der Waals surface area (Å²) in [6.07, 6.45) is -18.3. The normalized spacial score (nSPS) is 19.5. The van der Waals surface area contributed by atoms with Gasteiger partial charge in [0.05, 0.1) is 0 Å². The molecule has 15 heavy (non-hydrogen) atoms. The molecular formula is C7H6F8. The predicted molar refractivity (Wildman–Crippen MR) is 35.9 cm³/mol. The van der Waals surface area contributed by atoms with Gasteiger partial charge < -0.3 is 0 Å². The molecule has 0 bridgehead atoms. The monoisotopic (exact) mass is 242 g/mol. The van der Waals surface area contributed by atoms with Gasteiger partial charge in [0.25, 0.3) is 5.92 Å². The van der Waals surface area contributed by atoms with Crippen molar-refractivity contribution in [3.8, 4) is 0 Å². The van der Waals surface area contributed by atoms with Crippen LogP contribution in [0.1, 0.15) is 0 Å². The lowest BCUT2D eigenvalue weighted by Crippen LogP contribution is -2.45. The van der Waals surface area contributed by atoms with E-state index < -0.39 is 30.6 Å². The molecular weight excluding hydrogens is 236 g/mol. The van der Waals surface area contributed by atoms with Crippen molar-refractivity contribution in [1.29, 1.82) is 0 Å². The summed E-state index contributed by atoms with van der Waals surface area (Å²) >= 11 is 0. The van der Waals surface area contributed by atoms with Gasteiger partial charge in [0, 0.05) is 0 Å². The molecule has 0 aliphatic rings. The second kappa shape index (κ2) is 4.36. The fourth-order valence-corrected chi connectivity index (χ4v) is 0.654. The Morgan fingerprint density at radius 3 is 1.53 bits per heavy atom. The fourth-order valence-electron chi connectivity index (χ4n) is 0.654. The largest absolute Gasteiger partial charge is 0.422 e. The Hall–Kier alpha value is -0.820. The maximum absolute atomic E-state index is 12.4. The van der Waals surface area contributed by atoms with Crippen molar-refractivity contribution in [3.05, 3.63) is 12.7 Å². The molecule has 0 spiro atoms. The third-order valence-corrected chi connectivity index (χ3v) is 1.51. The number of halogens is 8. The van der Waals surface area contributed by atoms with Crippen LogP contribution in [-0.4, -0.2) is 30.6 Å². The van der Waals surface area contributed by atoms with E-state index in [4.69, 9.17) is 0 Å². The molecule has 3 atom stereocenters. The van der Waals surface area contributed by atoms with Crippen molar-refractivity contribution in [1.82, 2.24) is 0 Å². The maximum Gasteiger partial charge on any atom is 0.422 e. The van der Waals surface area contributed by atoms with E-state index in [2.05, 4.69) is 6.58 Å². The van der Waals surface area contributed by atoms with Crippen LogP contribution in [0.15, 0.2) is 12.7 Å². The van der Waals surface area contributed by atoms with Gasteiger partial charge in [0.1, 0.15) is 0 Å². The van der Waals surface area contributed by atoms with Gasteiger partial charge in [-0.2, -0.15) is 22.0 Å². The van der Waals surface area contributed by atoms with E-state index in [1.54, 1.807) is 0 Å². The maximum atomic E-state index is 12.4. The molecule has 90 valence electrons. The molecule has 8 heteroatoms. The summed E-state index contributed by atoms with van der Waals surface area (Å²) in [5.74, 6) is -4.55. The van der Waals surface area contributed by atoms with Crippen LogP contribution in [0.4, 0.5) is 35.1 Å². The molecule has 0 fully saturated rings. The van der Waals surface area contributed by atoms with Crippen LogP contribution in [0.2, 0.25) is 0 Å². The molecule has 0 heterocycles. The first kappa shape index (κ1) is 14.2. The first-order chi connectivity index (χ1) is 6.54. The summed E-state index contributed by atoms with van der Waals surface area (Å²) in [5.41, 5.74) is 0. The third-order valence-electron chi connectivity index (χ3n) is 1.51. The van der Waals surface area contributed by atoms with E-state index in [0.29, 0.717) is 0 Å². The molecule has 0 aromatic heterocycles. The molecule has 0 aromatic carbocycles. The van der Waals surface area contributed by atoms with E-state index >= 15 is 0 Å². The highest BCUT2D eigenvalue weighted by atomic mass is 19.4. The van der Waals surface area contributed by atoms with Gasteiger partial charge in [0.15, 0.2) is 6.17 Å². The molecule has 0 saturated heterocycles. The van der Waals surface area contributed by atoms with Crippen LogP contribution in [0.3, 0.4) is 0 Å². The smallest absolute Gasteiger partial charge is 0.240 e. The topological polar surface area (TPSA) is 0 Å². The number of hydrogen-bond donors (Lipinski definition) is 0. The minimum absolute atomic E-state index is 0.382. The highest BCUT2D eigenvalue weighted by Gasteiger charge is 2.54. The van der Waals surface area contributed by atoms with E-state index in [0.717, 1.165) is 0 Å². The molecule has 0 nitrogen and oxygen atoms in total. The van der Waals surface area contributed by atoms with Crippen molar-refractivity contribution in [2.75, 3.05) is 0 Å². The Balaban J connectivity index is 4.72.